The molecule has 0 unspecified atom stereocenters. The van der Waals surface area contributed by atoms with Gasteiger partial charge in [-0.15, -0.1) is 12.4 Å². The molecule has 7 nitrogen and oxygen atoms in total. The van der Waals surface area contributed by atoms with Crippen molar-refractivity contribution in [3.8, 4) is 11.5 Å². The summed E-state index contributed by atoms with van der Waals surface area (Å²) in [6.07, 6.45) is 0. The summed E-state index contributed by atoms with van der Waals surface area (Å²) in [5.41, 5.74) is 5.85. The highest BCUT2D eigenvalue weighted by Crippen LogP contribution is 2.32. The molecule has 136 valence electrons. The van der Waals surface area contributed by atoms with Crippen LogP contribution in [0.1, 0.15) is 19.4 Å². The number of rotatable bonds is 8. The number of nitrogens with two attached hydrogens (primary N) is 1. The van der Waals surface area contributed by atoms with E-state index in [9.17, 15) is 9.59 Å². The molecule has 0 aliphatic carbocycles. The topological polar surface area (TPSA) is 103 Å². The number of nitrogens with one attached hydrogen (secondary N) is 2. The van der Waals surface area contributed by atoms with E-state index < -0.39 is 0 Å². The van der Waals surface area contributed by atoms with Gasteiger partial charge in [-0.3, -0.25) is 9.59 Å². The van der Waals surface area contributed by atoms with Gasteiger partial charge in [-0.05, 0) is 17.7 Å². The Morgan fingerprint density at radius 2 is 1.71 bits per heavy atom. The Hall–Kier alpha value is -1.99. The molecule has 0 radical (unpaired) electrons. The summed E-state index contributed by atoms with van der Waals surface area (Å²) in [6, 6.07) is 5.66. The molecule has 0 bridgehead atoms. The number of methoxy groups -OCH3 is 2. The van der Waals surface area contributed by atoms with E-state index in [0.29, 0.717) is 18.0 Å². The molecule has 8 heteroatoms. The van der Waals surface area contributed by atoms with E-state index in [-0.39, 0.29) is 42.7 Å². The molecule has 0 aliphatic rings. The Kier molecular flexibility index (Phi) is 9.17. The van der Waals surface area contributed by atoms with Crippen molar-refractivity contribution in [2.24, 2.45) is 5.73 Å². The normalized spacial score (nSPS) is 10.4. The van der Waals surface area contributed by atoms with Crippen molar-refractivity contribution in [3.05, 3.63) is 23.8 Å². The molecular weight excluding hydrogens is 334 g/mol. The van der Waals surface area contributed by atoms with Crippen molar-refractivity contribution >= 4 is 24.2 Å². The zero-order valence-electron chi connectivity index (χ0n) is 14.5. The first-order valence-electron chi connectivity index (χ1n) is 7.30. The molecule has 0 fully saturated rings. The summed E-state index contributed by atoms with van der Waals surface area (Å²) >= 11 is 0. The molecule has 1 aromatic carbocycles. The minimum Gasteiger partial charge on any atom is -0.493 e. The molecule has 0 saturated carbocycles. The fourth-order valence-electron chi connectivity index (χ4n) is 1.99. The lowest BCUT2D eigenvalue weighted by Gasteiger charge is -2.26. The summed E-state index contributed by atoms with van der Waals surface area (Å²) < 4.78 is 10.5. The average Bonchev–Trinajstić information content (AvgIpc) is 2.56. The van der Waals surface area contributed by atoms with E-state index in [1.54, 1.807) is 14.2 Å². The lowest BCUT2D eigenvalue weighted by molar-refractivity contribution is -0.125. The smallest absolute Gasteiger partial charge is 0.239 e. The first kappa shape index (κ1) is 22.0. The highest BCUT2D eigenvalue weighted by Gasteiger charge is 2.23. The Balaban J connectivity index is 0.00000529. The van der Waals surface area contributed by atoms with E-state index >= 15 is 0 Å². The van der Waals surface area contributed by atoms with Gasteiger partial charge in [0.05, 0.1) is 27.3 Å². The van der Waals surface area contributed by atoms with Crippen molar-refractivity contribution in [1.82, 2.24) is 10.6 Å². The number of hydrogen-bond donors (Lipinski definition) is 3. The second kappa shape index (κ2) is 10.00. The Morgan fingerprint density at radius 1 is 1.08 bits per heavy atom. The molecule has 4 N–H and O–H groups in total. The summed E-state index contributed by atoms with van der Waals surface area (Å²) in [7, 11) is 3.16. The van der Waals surface area contributed by atoms with Crippen LogP contribution in [0.2, 0.25) is 0 Å². The summed E-state index contributed by atoms with van der Waals surface area (Å²) in [6.45, 7) is 4.21. The quantitative estimate of drug-likeness (QED) is 0.630. The van der Waals surface area contributed by atoms with Crippen molar-refractivity contribution < 1.29 is 19.1 Å². The van der Waals surface area contributed by atoms with Crippen LogP contribution in [0.3, 0.4) is 0 Å². The molecule has 0 atom stereocenters. The molecule has 0 spiro atoms. The second-order valence-corrected chi connectivity index (χ2v) is 5.71. The maximum atomic E-state index is 11.8. The number of carbonyl (C=O) groups is 2. The van der Waals surface area contributed by atoms with Crippen LogP contribution >= 0.6 is 12.4 Å². The summed E-state index contributed by atoms with van der Waals surface area (Å²) in [4.78, 5) is 22.8. The highest BCUT2D eigenvalue weighted by atomic mass is 35.5. The monoisotopic (exact) mass is 359 g/mol. The molecule has 0 aromatic heterocycles. The first-order valence-corrected chi connectivity index (χ1v) is 7.30. The van der Waals surface area contributed by atoms with Crippen LogP contribution in [-0.2, 0) is 15.0 Å². The molecule has 1 aromatic rings. The lowest BCUT2D eigenvalue weighted by Crippen LogP contribution is -2.43. The number of benzene rings is 1. The number of amides is 2. The van der Waals surface area contributed by atoms with Crippen molar-refractivity contribution in [1.29, 1.82) is 0 Å². The molecule has 24 heavy (non-hydrogen) atoms. The fraction of sp³-hybridized carbons (Fsp3) is 0.500. The van der Waals surface area contributed by atoms with Crippen LogP contribution < -0.4 is 25.8 Å². The largest absolute Gasteiger partial charge is 0.493 e. The van der Waals surface area contributed by atoms with Crippen molar-refractivity contribution in [3.63, 3.8) is 0 Å². The third-order valence-electron chi connectivity index (χ3n) is 3.52. The third kappa shape index (κ3) is 6.25. The van der Waals surface area contributed by atoms with E-state index in [0.717, 1.165) is 5.56 Å². The van der Waals surface area contributed by atoms with E-state index in [1.165, 1.54) is 0 Å². The molecule has 1 rings (SSSR count). The average molecular weight is 360 g/mol. The summed E-state index contributed by atoms with van der Waals surface area (Å²) in [5, 5.41) is 5.23. The Morgan fingerprint density at radius 3 is 2.25 bits per heavy atom. The van der Waals surface area contributed by atoms with Crippen molar-refractivity contribution in [2.45, 2.75) is 19.3 Å². The maximum Gasteiger partial charge on any atom is 0.239 e. The van der Waals surface area contributed by atoms with Crippen LogP contribution in [0.5, 0.6) is 11.5 Å². The van der Waals surface area contributed by atoms with Crippen LogP contribution in [0.25, 0.3) is 0 Å². The number of hydrogen-bond acceptors (Lipinski definition) is 5. The minimum atomic E-state index is -0.362. The van der Waals surface area contributed by atoms with E-state index in [2.05, 4.69) is 10.6 Å². The van der Waals surface area contributed by atoms with Crippen LogP contribution in [0, 0.1) is 0 Å². The first-order chi connectivity index (χ1) is 10.8. The molecular formula is C16H26ClN3O4. The number of carbonyl (C=O) groups excluding carboxylic acids is 2. The SMILES string of the molecule is COc1ccc(C(C)(C)CNC(=O)CNC(=O)CN)cc1OC.Cl. The van der Waals surface area contributed by atoms with Gasteiger partial charge in [0.25, 0.3) is 0 Å². The second-order valence-electron chi connectivity index (χ2n) is 5.71. The zero-order valence-corrected chi connectivity index (χ0v) is 15.3. The maximum absolute atomic E-state index is 11.8. The highest BCUT2D eigenvalue weighted by molar-refractivity contribution is 5.85. The number of ether oxygens (including phenoxy) is 2. The zero-order chi connectivity index (χ0) is 17.5. The van der Waals surface area contributed by atoms with Gasteiger partial charge in [-0.1, -0.05) is 19.9 Å². The molecule has 0 heterocycles. The van der Waals surface area contributed by atoms with Crippen LogP contribution in [0.4, 0.5) is 0 Å². The van der Waals surface area contributed by atoms with Gasteiger partial charge in [0.15, 0.2) is 11.5 Å². The van der Waals surface area contributed by atoms with E-state index in [1.807, 2.05) is 32.0 Å². The fourth-order valence-corrected chi connectivity index (χ4v) is 1.99. The third-order valence-corrected chi connectivity index (χ3v) is 3.52. The molecule has 0 saturated heterocycles. The van der Waals surface area contributed by atoms with Gasteiger partial charge in [-0.2, -0.15) is 0 Å². The van der Waals surface area contributed by atoms with E-state index in [4.69, 9.17) is 15.2 Å². The predicted octanol–water partition coefficient (Wildman–Crippen LogP) is 0.594. The van der Waals surface area contributed by atoms with Crippen LogP contribution in [0.15, 0.2) is 18.2 Å². The number of halogens is 1. The Bertz CT molecular complexity index is 564. The lowest BCUT2D eigenvalue weighted by atomic mass is 9.84. The Labute approximate surface area is 148 Å². The van der Waals surface area contributed by atoms with Gasteiger partial charge in [0, 0.05) is 12.0 Å². The van der Waals surface area contributed by atoms with Crippen LogP contribution in [-0.4, -0.2) is 45.7 Å². The van der Waals surface area contributed by atoms with Gasteiger partial charge < -0.3 is 25.8 Å². The van der Waals surface area contributed by atoms with Gasteiger partial charge >= 0.3 is 0 Å². The van der Waals surface area contributed by atoms with Crippen molar-refractivity contribution in [2.75, 3.05) is 33.9 Å². The summed E-state index contributed by atoms with van der Waals surface area (Å²) in [5.74, 6) is 0.667. The molecule has 2 amide bonds. The van der Waals surface area contributed by atoms with Gasteiger partial charge in [0.1, 0.15) is 0 Å². The van der Waals surface area contributed by atoms with Gasteiger partial charge in [-0.25, -0.2) is 0 Å². The standard InChI is InChI=1S/C16H25N3O4.ClH/c1-16(2,10-19-15(21)9-18-14(20)8-17)11-5-6-12(22-3)13(7-11)23-4;/h5-7H,8-10,17H2,1-4H3,(H,18,20)(H,19,21);1H. The van der Waals surface area contributed by atoms with Gasteiger partial charge in [0.2, 0.25) is 11.8 Å². The predicted molar refractivity (Wildman–Crippen MR) is 94.9 cm³/mol. The minimum absolute atomic E-state index is 0. The molecule has 0 aliphatic heterocycles.